The van der Waals surface area contributed by atoms with E-state index in [0.29, 0.717) is 59.6 Å². The summed E-state index contributed by atoms with van der Waals surface area (Å²) in [7, 11) is 0. The number of H-pyrrole nitrogens is 1. The molecule has 2 amide bonds. The molecule has 1 atom stereocenters. The molecule has 184 valence electrons. The lowest BCUT2D eigenvalue weighted by molar-refractivity contribution is 0.0589. The molecule has 1 aromatic heterocycles. The van der Waals surface area contributed by atoms with E-state index < -0.39 is 12.0 Å². The van der Waals surface area contributed by atoms with Crippen LogP contribution in [-0.4, -0.2) is 65.2 Å². The summed E-state index contributed by atoms with van der Waals surface area (Å²) >= 11 is 5.95. The number of aliphatic hydroxyl groups excluding tert-OH is 1. The number of piperidine rings is 1. The molecule has 1 saturated heterocycles. The molecule has 0 aliphatic carbocycles. The number of hydrogen-bond acceptors (Lipinski definition) is 6. The molecule has 1 aliphatic heterocycles. The number of carbonyl (C=O) groups excluding carboxylic acids is 2. The zero-order valence-corrected chi connectivity index (χ0v) is 19.8. The van der Waals surface area contributed by atoms with Crippen LogP contribution in [0.1, 0.15) is 33.6 Å². The van der Waals surface area contributed by atoms with Gasteiger partial charge in [0.25, 0.3) is 17.4 Å². The number of pyridine rings is 1. The van der Waals surface area contributed by atoms with Crippen molar-refractivity contribution in [1.29, 1.82) is 0 Å². The number of likely N-dealkylation sites (tertiary alicyclic amines) is 1. The van der Waals surface area contributed by atoms with E-state index in [1.165, 1.54) is 12.3 Å². The van der Waals surface area contributed by atoms with Crippen molar-refractivity contribution in [2.75, 3.05) is 26.2 Å². The maximum atomic E-state index is 12.7. The lowest BCUT2D eigenvalue weighted by Gasteiger charge is -2.33. The second-order valence-electron chi connectivity index (χ2n) is 8.56. The average molecular weight is 499 g/mol. The van der Waals surface area contributed by atoms with Crippen LogP contribution in [0.4, 0.5) is 0 Å². The van der Waals surface area contributed by atoms with E-state index in [9.17, 15) is 19.5 Å². The van der Waals surface area contributed by atoms with Crippen LogP contribution >= 0.6 is 11.6 Å². The summed E-state index contributed by atoms with van der Waals surface area (Å²) in [6.45, 7) is 1.86. The van der Waals surface area contributed by atoms with Crippen molar-refractivity contribution in [2.24, 2.45) is 5.73 Å². The van der Waals surface area contributed by atoms with Crippen LogP contribution < -0.4 is 21.3 Å². The van der Waals surface area contributed by atoms with Crippen LogP contribution in [0.2, 0.25) is 5.02 Å². The molecule has 0 unspecified atom stereocenters. The molecule has 5 N–H and O–H groups in total. The van der Waals surface area contributed by atoms with Crippen LogP contribution in [0.3, 0.4) is 0 Å². The van der Waals surface area contributed by atoms with Gasteiger partial charge < -0.3 is 30.8 Å². The number of carbonyl (C=O) groups is 2. The number of aromatic nitrogens is 1. The Balaban J connectivity index is 1.26. The number of benzene rings is 2. The van der Waals surface area contributed by atoms with Crippen molar-refractivity contribution in [2.45, 2.75) is 25.0 Å². The maximum absolute atomic E-state index is 12.7. The molecule has 0 bridgehead atoms. The molecule has 1 fully saturated rings. The Morgan fingerprint density at radius 1 is 1.17 bits per heavy atom. The summed E-state index contributed by atoms with van der Waals surface area (Å²) in [5.41, 5.74) is 5.77. The lowest BCUT2D eigenvalue weighted by atomic mass is 10.1. The Bertz CT molecular complexity index is 1290. The summed E-state index contributed by atoms with van der Waals surface area (Å²) in [5, 5.41) is 14.6. The van der Waals surface area contributed by atoms with Crippen LogP contribution in [0.15, 0.2) is 53.5 Å². The minimum absolute atomic E-state index is 0.0788. The second-order valence-corrected chi connectivity index (χ2v) is 9.00. The van der Waals surface area contributed by atoms with Gasteiger partial charge in [-0.05, 0) is 37.1 Å². The van der Waals surface area contributed by atoms with Crippen molar-refractivity contribution >= 4 is 34.2 Å². The van der Waals surface area contributed by atoms with Crippen molar-refractivity contribution < 1.29 is 19.4 Å². The topological polar surface area (TPSA) is 138 Å². The van der Waals surface area contributed by atoms with Crippen LogP contribution in [0.25, 0.3) is 10.8 Å². The number of rotatable bonds is 8. The quantitative estimate of drug-likeness (QED) is 0.374. The predicted molar refractivity (Wildman–Crippen MR) is 133 cm³/mol. The zero-order valence-electron chi connectivity index (χ0n) is 19.0. The van der Waals surface area contributed by atoms with E-state index in [0.717, 1.165) is 0 Å². The summed E-state index contributed by atoms with van der Waals surface area (Å²) < 4.78 is 6.00. The summed E-state index contributed by atoms with van der Waals surface area (Å²) in [6, 6.07) is 11.7. The first-order valence-electron chi connectivity index (χ1n) is 11.4. The fraction of sp³-hybridized carbons (Fsp3) is 0.320. The summed E-state index contributed by atoms with van der Waals surface area (Å²) in [4.78, 5) is 41.0. The Labute approximate surface area is 206 Å². The van der Waals surface area contributed by atoms with E-state index in [2.05, 4.69) is 15.2 Å². The van der Waals surface area contributed by atoms with Gasteiger partial charge in [-0.3, -0.25) is 14.4 Å². The number of nitrogens with two attached hydrogens (primary N) is 1. The molecule has 0 spiro atoms. The molecule has 0 saturated carbocycles. The largest absolute Gasteiger partial charge is 0.489 e. The molecule has 35 heavy (non-hydrogen) atoms. The van der Waals surface area contributed by atoms with Crippen LogP contribution in [0, 0.1) is 0 Å². The van der Waals surface area contributed by atoms with E-state index in [-0.39, 0.29) is 29.7 Å². The number of primary amides is 1. The number of ether oxygens (including phenoxy) is 1. The van der Waals surface area contributed by atoms with Gasteiger partial charge in [-0.1, -0.05) is 29.8 Å². The van der Waals surface area contributed by atoms with Gasteiger partial charge in [0.15, 0.2) is 0 Å². The first-order valence-corrected chi connectivity index (χ1v) is 11.7. The highest BCUT2D eigenvalue weighted by Gasteiger charge is 2.24. The van der Waals surface area contributed by atoms with Crippen molar-refractivity contribution in [1.82, 2.24) is 15.2 Å². The van der Waals surface area contributed by atoms with Crippen molar-refractivity contribution in [3.05, 3.63) is 75.2 Å². The van der Waals surface area contributed by atoms with Crippen molar-refractivity contribution in [3.63, 3.8) is 0 Å². The normalized spacial score (nSPS) is 15.6. The lowest BCUT2D eigenvalue weighted by Crippen LogP contribution is -2.45. The zero-order chi connectivity index (χ0) is 24.9. The Morgan fingerprint density at radius 2 is 1.89 bits per heavy atom. The van der Waals surface area contributed by atoms with Gasteiger partial charge in [0, 0.05) is 48.2 Å². The molecular formula is C25H27ClN4O5. The number of halogens is 1. The standard InChI is InChI=1S/C25H27ClN4O5/c26-15-5-6-22(20(11-15)23(27)32)35-17-7-9-30(10-8-17)14-16(31)12-28-25(34)21-13-29-24(33)19-4-2-1-3-18(19)21/h1-6,11,13,16-17,31H,7-10,12,14H2,(H2,27,32)(H,28,34)(H,29,33)/t16-/m1/s1. The number of hydrogen-bond donors (Lipinski definition) is 4. The number of aliphatic hydroxyl groups is 1. The number of fused-ring (bicyclic) bond motifs is 1. The van der Waals surface area contributed by atoms with Gasteiger partial charge in [-0.15, -0.1) is 0 Å². The molecule has 1 aliphatic rings. The van der Waals surface area contributed by atoms with E-state index in [1.54, 1.807) is 36.4 Å². The minimum Gasteiger partial charge on any atom is -0.489 e. The highest BCUT2D eigenvalue weighted by atomic mass is 35.5. The smallest absolute Gasteiger partial charge is 0.255 e. The number of nitrogens with zero attached hydrogens (tertiary/aromatic N) is 1. The fourth-order valence-electron chi connectivity index (χ4n) is 4.25. The SMILES string of the molecule is NC(=O)c1cc(Cl)ccc1OC1CCN(C[C@H](O)CNC(=O)c2c[nH]c(=O)c3ccccc23)CC1. The van der Waals surface area contributed by atoms with E-state index >= 15 is 0 Å². The minimum atomic E-state index is -0.761. The third-order valence-corrected chi connectivity index (χ3v) is 6.29. The average Bonchev–Trinajstić information content (AvgIpc) is 2.85. The third kappa shape index (κ3) is 6.00. The number of nitrogens with one attached hydrogen (secondary N) is 2. The second kappa shape index (κ2) is 10.9. The number of amides is 2. The Kier molecular flexibility index (Phi) is 7.70. The first-order chi connectivity index (χ1) is 16.8. The monoisotopic (exact) mass is 498 g/mol. The number of β-amino-alcohol motifs (C(OH)–C–C–N with tert-alkyl or cyclic N) is 1. The highest BCUT2D eigenvalue weighted by molar-refractivity contribution is 6.31. The molecule has 10 heteroatoms. The van der Waals surface area contributed by atoms with Crippen LogP contribution in [-0.2, 0) is 0 Å². The van der Waals surface area contributed by atoms with Gasteiger partial charge in [0.2, 0.25) is 0 Å². The Hall–Kier alpha value is -3.40. The van der Waals surface area contributed by atoms with Gasteiger partial charge in [0.05, 0.1) is 17.2 Å². The highest BCUT2D eigenvalue weighted by Crippen LogP contribution is 2.26. The maximum Gasteiger partial charge on any atom is 0.255 e. The molecule has 9 nitrogen and oxygen atoms in total. The first kappa shape index (κ1) is 24.7. The van der Waals surface area contributed by atoms with Crippen molar-refractivity contribution in [3.8, 4) is 5.75 Å². The van der Waals surface area contributed by atoms with Gasteiger partial charge in [-0.25, -0.2) is 0 Å². The van der Waals surface area contributed by atoms with Gasteiger partial charge in [-0.2, -0.15) is 0 Å². The summed E-state index contributed by atoms with van der Waals surface area (Å²) in [6.07, 6.45) is 1.97. The molecule has 3 aromatic rings. The van der Waals surface area contributed by atoms with E-state index in [1.807, 2.05) is 0 Å². The Morgan fingerprint density at radius 3 is 2.60 bits per heavy atom. The predicted octanol–water partition coefficient (Wildman–Crippen LogP) is 1.91. The number of aromatic amines is 1. The molecular weight excluding hydrogens is 472 g/mol. The molecule has 4 rings (SSSR count). The van der Waals surface area contributed by atoms with Crippen LogP contribution in [0.5, 0.6) is 5.75 Å². The molecule has 2 heterocycles. The third-order valence-electron chi connectivity index (χ3n) is 6.06. The van der Waals surface area contributed by atoms with E-state index in [4.69, 9.17) is 22.1 Å². The molecule has 0 radical (unpaired) electrons. The fourth-order valence-corrected chi connectivity index (χ4v) is 4.42. The summed E-state index contributed by atoms with van der Waals surface area (Å²) in [5.74, 6) is -0.547. The molecule has 2 aromatic carbocycles. The van der Waals surface area contributed by atoms with Gasteiger partial charge in [0.1, 0.15) is 11.9 Å². The van der Waals surface area contributed by atoms with Gasteiger partial charge >= 0.3 is 0 Å².